The van der Waals surface area contributed by atoms with Crippen molar-refractivity contribution >= 4 is 5.97 Å². The van der Waals surface area contributed by atoms with Crippen molar-refractivity contribution in [1.82, 2.24) is 0 Å². The van der Waals surface area contributed by atoms with Gasteiger partial charge in [-0.25, -0.2) is 0 Å². The van der Waals surface area contributed by atoms with Gasteiger partial charge in [0.2, 0.25) is 0 Å². The molecule has 3 heteroatoms. The van der Waals surface area contributed by atoms with Gasteiger partial charge in [-0.2, -0.15) is 0 Å². The van der Waals surface area contributed by atoms with Crippen LogP contribution in [0.5, 0.6) is 0 Å². The van der Waals surface area contributed by atoms with E-state index in [2.05, 4.69) is 6.92 Å². The second-order valence-corrected chi connectivity index (χ2v) is 34.8. The van der Waals surface area contributed by atoms with Crippen LogP contribution in [0.25, 0.3) is 0 Å². The molecule has 2 nitrogen and oxygen atoms in total. The minimum absolute atomic E-state index is 0.186. The summed E-state index contributed by atoms with van der Waals surface area (Å²) in [6.45, 7) is 1.79. The van der Waals surface area contributed by atoms with Gasteiger partial charge >= 0.3 is 96.0 Å². The van der Waals surface area contributed by atoms with Crippen LogP contribution >= 0.6 is 0 Å². The first-order valence-corrected chi connectivity index (χ1v) is 14.1. The van der Waals surface area contributed by atoms with Gasteiger partial charge in [0.05, 0.1) is 0 Å². The molecule has 0 bridgehead atoms. The van der Waals surface area contributed by atoms with Crippen LogP contribution in [0.15, 0.2) is 0 Å². The Labute approximate surface area is 96.1 Å². The normalized spacial score (nSPS) is 115. The molecule has 0 saturated carbocycles. The molecule has 18 heavy (non-hydrogen) atoms. The summed E-state index contributed by atoms with van der Waals surface area (Å²) in [5.74, 6) is 0.497. The van der Waals surface area contributed by atoms with Gasteiger partial charge in [0.25, 0.3) is 0 Å². The van der Waals surface area contributed by atoms with E-state index in [1.807, 2.05) is 6.92 Å². The summed E-state index contributed by atoms with van der Waals surface area (Å²) in [5, 5.41) is 0. The second-order valence-electron chi connectivity index (χ2n) is 11.2. The maximum absolute atomic E-state index is 12.4. The summed E-state index contributed by atoms with van der Waals surface area (Å²) in [6, 6.07) is 0. The van der Waals surface area contributed by atoms with Crippen molar-refractivity contribution in [3.05, 3.63) is 0 Å². The van der Waals surface area contributed by atoms with E-state index in [-0.39, 0.29) is 5.97 Å². The van der Waals surface area contributed by atoms with Gasteiger partial charge in [0, 0.05) is 0 Å². The molecule has 10 rings (SSSR count). The van der Waals surface area contributed by atoms with Crippen molar-refractivity contribution in [2.24, 2.45) is 5.92 Å². The molecular formula is C15H18FeO2. The van der Waals surface area contributed by atoms with E-state index in [9.17, 15) is 4.79 Å². The van der Waals surface area contributed by atoms with Gasteiger partial charge in [-0.3, -0.25) is 0 Å². The zero-order valence-corrected chi connectivity index (χ0v) is 11.8. The van der Waals surface area contributed by atoms with E-state index in [4.69, 9.17) is 4.74 Å². The molecule has 10 fully saturated rings. The van der Waals surface area contributed by atoms with Crippen LogP contribution in [0.2, 0.25) is 47.7 Å². The number of esters is 1. The molecule has 5 unspecified atom stereocenters. The van der Waals surface area contributed by atoms with Crippen molar-refractivity contribution in [3.8, 4) is 0 Å². The molecule has 1 spiro atoms. The molecule has 0 aromatic rings. The number of hydrogen-bond donors (Lipinski definition) is 0. The predicted molar refractivity (Wildman–Crippen MR) is 62.2 cm³/mol. The van der Waals surface area contributed by atoms with Crippen LogP contribution in [0, 0.1) is 5.92 Å². The van der Waals surface area contributed by atoms with Crippen LogP contribution in [-0.2, 0) is 16.0 Å². The fourth-order valence-electron chi connectivity index (χ4n) is 18.0. The molecule has 5 atom stereocenters. The quantitative estimate of drug-likeness (QED) is 0.580. The Kier molecular flexibility index (Phi) is 0.233. The van der Waals surface area contributed by atoms with E-state index in [1.165, 1.54) is 43.3 Å². The number of hydrogen-bond acceptors (Lipinski definition) is 2. The Morgan fingerprint density at radius 3 is 1.89 bits per heavy atom. The SMILES string of the molecule is CCOC(=O)C(C)[C]12[CH]3[CH]4[CH]5[CH]1[Fe]45321678[CH]2[CH]1[CH]6[CH]7[CH]28. The number of ether oxygens (including phenoxy) is 1. The number of carbonyl (C=O) groups is 1. The average molecular weight is 286 g/mol. The summed E-state index contributed by atoms with van der Waals surface area (Å²) >= 11 is 0. The third-order valence-electron chi connectivity index (χ3n) is 16.1. The van der Waals surface area contributed by atoms with Crippen molar-refractivity contribution < 1.29 is 16.0 Å². The molecule has 10 heterocycles. The third kappa shape index (κ3) is 0.0703. The Hall–Kier alpha value is -0.0105. The molecule has 10 aliphatic rings. The van der Waals surface area contributed by atoms with Gasteiger partial charge in [-0.05, 0) is 0 Å². The monoisotopic (exact) mass is 286 g/mol. The summed E-state index contributed by atoms with van der Waals surface area (Å²) < 4.78 is 6.13. The number of rotatable bonds is 3. The van der Waals surface area contributed by atoms with E-state index < -0.39 is 6.51 Å². The zero-order chi connectivity index (χ0) is 11.6. The fourth-order valence-corrected chi connectivity index (χ4v) is 93.7. The Bertz CT molecular complexity index is 927. The van der Waals surface area contributed by atoms with Gasteiger partial charge < -0.3 is 0 Å². The van der Waals surface area contributed by atoms with E-state index in [0.717, 1.165) is 0 Å². The van der Waals surface area contributed by atoms with Crippen molar-refractivity contribution in [1.29, 1.82) is 0 Å². The van der Waals surface area contributed by atoms with Crippen LogP contribution in [0.1, 0.15) is 13.8 Å². The van der Waals surface area contributed by atoms with Gasteiger partial charge in [-0.15, -0.1) is 0 Å². The topological polar surface area (TPSA) is 26.3 Å². The standard InChI is InChI=1S/C10H13O2.C5H5.Fe/c1-3-12-10(11)8(2)9-6-4-5-7-9;1-2-4-5-3-1;/h4-8H,3H2,1-2H3;1-5H;. The molecule has 0 aromatic heterocycles. The molecule has 0 radical (unpaired) electrons. The number of carbonyl (C=O) groups excluding carboxylic acids is 1. The van der Waals surface area contributed by atoms with E-state index in [0.29, 0.717) is 16.8 Å². The van der Waals surface area contributed by atoms with Gasteiger partial charge in [0.15, 0.2) is 0 Å². The van der Waals surface area contributed by atoms with E-state index in [1.54, 1.807) is 0 Å². The molecule has 10 saturated heterocycles. The van der Waals surface area contributed by atoms with Crippen LogP contribution in [0.4, 0.5) is 0 Å². The van der Waals surface area contributed by atoms with Gasteiger partial charge in [-0.1, -0.05) is 0 Å². The first-order chi connectivity index (χ1) is 8.44. The number of fused-ring (bicyclic) bond motifs is 10. The van der Waals surface area contributed by atoms with Crippen LogP contribution in [-0.4, -0.2) is 12.6 Å². The Balaban J connectivity index is 1.44. The Morgan fingerprint density at radius 1 is 1.11 bits per heavy atom. The molecule has 0 aromatic carbocycles. The summed E-state index contributed by atoms with van der Waals surface area (Å²) in [7, 11) is 0. The minimum atomic E-state index is -3.03. The third-order valence-corrected chi connectivity index (χ3v) is 58.9. The first-order valence-electron chi connectivity index (χ1n) is 7.82. The maximum atomic E-state index is 12.4. The van der Waals surface area contributed by atoms with Crippen molar-refractivity contribution in [2.45, 2.75) is 61.5 Å². The van der Waals surface area contributed by atoms with E-state index >= 15 is 0 Å². The molecule has 10 aliphatic heterocycles. The van der Waals surface area contributed by atoms with Crippen molar-refractivity contribution in [3.63, 3.8) is 0 Å². The summed E-state index contributed by atoms with van der Waals surface area (Å²) in [4.78, 5) is 24.1. The summed E-state index contributed by atoms with van der Waals surface area (Å²) in [6.07, 6.45) is 0. The van der Waals surface area contributed by atoms with Crippen LogP contribution < -0.4 is 0 Å². The summed E-state index contributed by atoms with van der Waals surface area (Å²) in [5.41, 5.74) is 0. The predicted octanol–water partition coefficient (Wildman–Crippen LogP) is 3.94. The second kappa shape index (κ2) is 0.587. The molecule has 98 valence electrons. The van der Waals surface area contributed by atoms with Crippen LogP contribution in [0.3, 0.4) is 0 Å². The molecule has 0 amide bonds. The average Bonchev–Trinajstić information content (AvgIpc) is 3.29. The van der Waals surface area contributed by atoms with Gasteiger partial charge in [0.1, 0.15) is 0 Å². The van der Waals surface area contributed by atoms with Crippen molar-refractivity contribution in [2.75, 3.05) is 6.61 Å². The first kappa shape index (κ1) is 7.13. The molecule has 0 N–H and O–H groups in total. The molecular weight excluding hydrogens is 268 g/mol. The Morgan fingerprint density at radius 2 is 1.61 bits per heavy atom. The molecule has 0 aliphatic carbocycles. The zero-order valence-electron chi connectivity index (χ0n) is 10.7. The fraction of sp³-hybridized carbons (Fsp3) is 0.933.